The van der Waals surface area contributed by atoms with E-state index in [-0.39, 0.29) is 0 Å². The number of aromatic nitrogens is 1. The van der Waals surface area contributed by atoms with Crippen molar-refractivity contribution >= 4 is 6.08 Å². The van der Waals surface area contributed by atoms with Gasteiger partial charge in [-0.2, -0.15) is 4.39 Å². The Morgan fingerprint density at radius 3 is 3.08 bits per heavy atom. The molecule has 0 aromatic carbocycles. The molecule has 70 valence electrons. The smallest absolute Gasteiger partial charge is 0.213 e. The highest BCUT2D eigenvalue weighted by molar-refractivity contribution is 5.52. The summed E-state index contributed by atoms with van der Waals surface area (Å²) in [5.41, 5.74) is 7.15. The molecule has 0 aliphatic heterocycles. The van der Waals surface area contributed by atoms with E-state index in [1.54, 1.807) is 0 Å². The Kier molecular flexibility index (Phi) is 3.58. The molecule has 1 aromatic rings. The summed E-state index contributed by atoms with van der Waals surface area (Å²) in [6.07, 6.45) is 6.13. The van der Waals surface area contributed by atoms with Crippen molar-refractivity contribution in [3.8, 4) is 0 Å². The predicted octanol–water partition coefficient (Wildman–Crippen LogP) is 1.89. The zero-order valence-corrected chi connectivity index (χ0v) is 7.63. The molecule has 0 aliphatic rings. The van der Waals surface area contributed by atoms with Crippen molar-refractivity contribution in [2.45, 2.75) is 13.3 Å². The Bertz CT molecular complexity index is 308. The molecule has 3 heteroatoms. The van der Waals surface area contributed by atoms with E-state index in [4.69, 9.17) is 5.73 Å². The standard InChI is InChI=1S/C10H13FN2/c1-8-7-13-10(11)6-9(8)4-2-3-5-12/h2,4,6-7H,3,5,12H2,1H3. The van der Waals surface area contributed by atoms with Crippen LogP contribution in [0.25, 0.3) is 6.08 Å². The number of pyridine rings is 1. The van der Waals surface area contributed by atoms with Crippen molar-refractivity contribution in [1.82, 2.24) is 4.98 Å². The second-order valence-electron chi connectivity index (χ2n) is 2.84. The van der Waals surface area contributed by atoms with Crippen LogP contribution in [0.4, 0.5) is 4.39 Å². The highest BCUT2D eigenvalue weighted by Gasteiger charge is 1.96. The Morgan fingerprint density at radius 1 is 1.62 bits per heavy atom. The zero-order valence-electron chi connectivity index (χ0n) is 7.63. The number of aryl methyl sites for hydroxylation is 1. The molecule has 1 heterocycles. The van der Waals surface area contributed by atoms with Crippen LogP contribution in [-0.4, -0.2) is 11.5 Å². The number of rotatable bonds is 3. The van der Waals surface area contributed by atoms with Crippen molar-refractivity contribution in [2.75, 3.05) is 6.54 Å². The molecule has 0 radical (unpaired) electrons. The lowest BCUT2D eigenvalue weighted by atomic mass is 10.1. The lowest BCUT2D eigenvalue weighted by Crippen LogP contribution is -1.95. The summed E-state index contributed by atoms with van der Waals surface area (Å²) in [5, 5.41) is 0. The van der Waals surface area contributed by atoms with Gasteiger partial charge in [0.2, 0.25) is 5.95 Å². The maximum atomic E-state index is 12.7. The topological polar surface area (TPSA) is 38.9 Å². The Hall–Kier alpha value is -1.22. The zero-order chi connectivity index (χ0) is 9.68. The van der Waals surface area contributed by atoms with Gasteiger partial charge >= 0.3 is 0 Å². The fourth-order valence-electron chi connectivity index (χ4n) is 0.999. The molecule has 0 saturated carbocycles. The molecule has 2 N–H and O–H groups in total. The third-order valence-corrected chi connectivity index (χ3v) is 1.74. The van der Waals surface area contributed by atoms with Crippen LogP contribution < -0.4 is 5.73 Å². The maximum absolute atomic E-state index is 12.7. The molecule has 1 rings (SSSR count). The van der Waals surface area contributed by atoms with Crippen molar-refractivity contribution in [3.63, 3.8) is 0 Å². The van der Waals surface area contributed by atoms with Gasteiger partial charge in [-0.25, -0.2) is 4.98 Å². The molecular formula is C10H13FN2. The van der Waals surface area contributed by atoms with Gasteiger partial charge in [0.25, 0.3) is 0 Å². The Morgan fingerprint density at radius 2 is 2.38 bits per heavy atom. The molecule has 1 aromatic heterocycles. The van der Waals surface area contributed by atoms with Crippen LogP contribution in [0.15, 0.2) is 18.3 Å². The van der Waals surface area contributed by atoms with Crippen LogP contribution in [0, 0.1) is 12.9 Å². The van der Waals surface area contributed by atoms with Gasteiger partial charge in [-0.3, -0.25) is 0 Å². The lowest BCUT2D eigenvalue weighted by Gasteiger charge is -1.98. The van der Waals surface area contributed by atoms with Gasteiger partial charge in [-0.15, -0.1) is 0 Å². The van der Waals surface area contributed by atoms with E-state index in [9.17, 15) is 4.39 Å². The number of halogens is 1. The molecule has 2 nitrogen and oxygen atoms in total. The average Bonchev–Trinajstić information content (AvgIpc) is 2.11. The van der Waals surface area contributed by atoms with E-state index >= 15 is 0 Å². The number of hydrogen-bond donors (Lipinski definition) is 1. The molecule has 0 fully saturated rings. The van der Waals surface area contributed by atoms with Crippen LogP contribution in [0.5, 0.6) is 0 Å². The first kappa shape index (κ1) is 9.86. The summed E-state index contributed by atoms with van der Waals surface area (Å²) >= 11 is 0. The van der Waals surface area contributed by atoms with E-state index in [0.29, 0.717) is 6.54 Å². The summed E-state index contributed by atoms with van der Waals surface area (Å²) in [6, 6.07) is 1.42. The van der Waals surface area contributed by atoms with Gasteiger partial charge in [-0.1, -0.05) is 12.2 Å². The number of nitrogens with zero attached hydrogens (tertiary/aromatic N) is 1. The molecule has 0 spiro atoms. The van der Waals surface area contributed by atoms with Crippen molar-refractivity contribution in [2.24, 2.45) is 5.73 Å². The summed E-state index contributed by atoms with van der Waals surface area (Å²) in [6.45, 7) is 2.51. The first-order valence-electron chi connectivity index (χ1n) is 4.23. The third-order valence-electron chi connectivity index (χ3n) is 1.74. The minimum absolute atomic E-state index is 0.446. The normalized spacial score (nSPS) is 11.0. The largest absolute Gasteiger partial charge is 0.330 e. The first-order valence-corrected chi connectivity index (χ1v) is 4.23. The molecular weight excluding hydrogens is 167 g/mol. The van der Waals surface area contributed by atoms with Gasteiger partial charge in [-0.05, 0) is 31.0 Å². The maximum Gasteiger partial charge on any atom is 0.213 e. The Balaban J connectivity index is 2.81. The van der Waals surface area contributed by atoms with Crippen LogP contribution in [0.3, 0.4) is 0 Å². The van der Waals surface area contributed by atoms with E-state index in [1.807, 2.05) is 19.1 Å². The van der Waals surface area contributed by atoms with Gasteiger partial charge in [0.15, 0.2) is 0 Å². The Labute approximate surface area is 77.3 Å². The van der Waals surface area contributed by atoms with Crippen LogP contribution in [-0.2, 0) is 0 Å². The molecule has 0 aliphatic carbocycles. The molecule has 0 bridgehead atoms. The van der Waals surface area contributed by atoms with E-state index in [0.717, 1.165) is 17.5 Å². The van der Waals surface area contributed by atoms with Crippen LogP contribution >= 0.6 is 0 Å². The summed E-state index contributed by atoms with van der Waals surface area (Å²) < 4.78 is 12.7. The molecule has 0 saturated heterocycles. The summed E-state index contributed by atoms with van der Waals surface area (Å²) in [4.78, 5) is 3.54. The number of nitrogens with two attached hydrogens (primary N) is 1. The van der Waals surface area contributed by atoms with Crippen LogP contribution in [0.2, 0.25) is 0 Å². The van der Waals surface area contributed by atoms with E-state index in [1.165, 1.54) is 12.3 Å². The van der Waals surface area contributed by atoms with Crippen molar-refractivity contribution < 1.29 is 4.39 Å². The summed E-state index contributed by atoms with van der Waals surface area (Å²) in [7, 11) is 0. The van der Waals surface area contributed by atoms with Gasteiger partial charge in [0.1, 0.15) is 0 Å². The molecule has 0 atom stereocenters. The van der Waals surface area contributed by atoms with E-state index < -0.39 is 5.95 Å². The summed E-state index contributed by atoms with van der Waals surface area (Å²) in [5.74, 6) is -0.446. The van der Waals surface area contributed by atoms with Gasteiger partial charge in [0.05, 0.1) is 0 Å². The first-order chi connectivity index (χ1) is 6.24. The average molecular weight is 180 g/mol. The molecule has 0 amide bonds. The monoisotopic (exact) mass is 180 g/mol. The molecule has 13 heavy (non-hydrogen) atoms. The highest BCUT2D eigenvalue weighted by atomic mass is 19.1. The van der Waals surface area contributed by atoms with Crippen molar-refractivity contribution in [1.29, 1.82) is 0 Å². The minimum Gasteiger partial charge on any atom is -0.330 e. The highest BCUT2D eigenvalue weighted by Crippen LogP contribution is 2.09. The van der Waals surface area contributed by atoms with Crippen molar-refractivity contribution in [3.05, 3.63) is 35.4 Å². The second-order valence-corrected chi connectivity index (χ2v) is 2.84. The second kappa shape index (κ2) is 4.72. The SMILES string of the molecule is Cc1cnc(F)cc1C=CCCN. The van der Waals surface area contributed by atoms with Gasteiger partial charge in [0, 0.05) is 12.3 Å². The quantitative estimate of drug-likeness (QED) is 0.721. The fraction of sp³-hybridized carbons (Fsp3) is 0.300. The number of hydrogen-bond acceptors (Lipinski definition) is 2. The molecule has 0 unspecified atom stereocenters. The fourth-order valence-corrected chi connectivity index (χ4v) is 0.999. The lowest BCUT2D eigenvalue weighted by molar-refractivity contribution is 0.582. The minimum atomic E-state index is -0.446. The van der Waals surface area contributed by atoms with Gasteiger partial charge < -0.3 is 5.73 Å². The third kappa shape index (κ3) is 2.95. The predicted molar refractivity (Wildman–Crippen MR) is 51.6 cm³/mol. The van der Waals surface area contributed by atoms with E-state index in [2.05, 4.69) is 4.98 Å². The van der Waals surface area contributed by atoms with Crippen LogP contribution in [0.1, 0.15) is 17.5 Å².